The van der Waals surface area contributed by atoms with Gasteiger partial charge in [-0.25, -0.2) is 4.68 Å². The second kappa shape index (κ2) is 5.71. The molecule has 0 saturated carbocycles. The Balaban J connectivity index is 2.31. The Kier molecular flexibility index (Phi) is 3.97. The number of aliphatic hydroxyl groups is 1. The number of esters is 1. The van der Waals surface area contributed by atoms with Gasteiger partial charge in [0.15, 0.2) is 5.82 Å². The largest absolute Gasteiger partial charge is 0.465 e. The van der Waals surface area contributed by atoms with E-state index in [0.29, 0.717) is 11.3 Å². The third-order valence-corrected chi connectivity index (χ3v) is 4.61. The van der Waals surface area contributed by atoms with E-state index in [-0.39, 0.29) is 13.2 Å². The lowest BCUT2D eigenvalue weighted by Crippen LogP contribution is -2.34. The maximum absolute atomic E-state index is 12.7. The first-order valence-corrected chi connectivity index (χ1v) is 8.45. The summed E-state index contributed by atoms with van der Waals surface area (Å²) in [6.07, 6.45) is 0. The predicted octanol–water partition coefficient (Wildman–Crippen LogP) is 1.81. The van der Waals surface area contributed by atoms with Gasteiger partial charge in [-0.2, -0.15) is 5.10 Å². The van der Waals surface area contributed by atoms with E-state index < -0.39 is 17.1 Å². The van der Waals surface area contributed by atoms with Crippen LogP contribution in [0, 0.1) is 6.92 Å². The highest BCUT2D eigenvalue weighted by molar-refractivity contribution is 7.19. The molecule has 3 heterocycles. The molecule has 0 atom stereocenters. The van der Waals surface area contributed by atoms with Crippen LogP contribution in [0.15, 0.2) is 16.9 Å². The number of ether oxygens (including phenoxy) is 1. The van der Waals surface area contributed by atoms with Gasteiger partial charge in [0.25, 0.3) is 5.56 Å². The van der Waals surface area contributed by atoms with Crippen LogP contribution in [0.5, 0.6) is 0 Å². The van der Waals surface area contributed by atoms with Crippen molar-refractivity contribution in [1.82, 2.24) is 14.2 Å². The van der Waals surface area contributed by atoms with E-state index in [9.17, 15) is 14.7 Å². The average Bonchev–Trinajstić information content (AvgIpc) is 2.97. The molecule has 3 rings (SSSR count). The van der Waals surface area contributed by atoms with Crippen molar-refractivity contribution in [3.8, 4) is 0 Å². The number of carbonyl (C=O) groups is 1. The molecule has 0 amide bonds. The van der Waals surface area contributed by atoms with E-state index in [1.54, 1.807) is 42.6 Å². The van der Waals surface area contributed by atoms with Crippen molar-refractivity contribution in [2.75, 3.05) is 6.61 Å². The SMILES string of the molecule is CCOC(=O)Cn1nc(C(C)(C)O)n2c(cc3sc(C)cc32)c1=O. The zero-order chi connectivity index (χ0) is 17.6. The first kappa shape index (κ1) is 16.7. The lowest BCUT2D eigenvalue weighted by atomic mass is 10.1. The Morgan fingerprint density at radius 1 is 1.38 bits per heavy atom. The molecule has 0 aliphatic rings. The second-order valence-corrected chi connectivity index (χ2v) is 7.41. The van der Waals surface area contributed by atoms with Gasteiger partial charge in [-0.3, -0.25) is 14.0 Å². The molecule has 7 nitrogen and oxygen atoms in total. The van der Waals surface area contributed by atoms with Crippen LogP contribution >= 0.6 is 11.3 Å². The van der Waals surface area contributed by atoms with Crippen molar-refractivity contribution in [1.29, 1.82) is 0 Å². The van der Waals surface area contributed by atoms with Crippen LogP contribution in [-0.2, 0) is 21.7 Å². The number of hydrogen-bond donors (Lipinski definition) is 1. The minimum atomic E-state index is -1.29. The van der Waals surface area contributed by atoms with Gasteiger partial charge in [0.1, 0.15) is 17.7 Å². The van der Waals surface area contributed by atoms with E-state index in [1.807, 2.05) is 13.0 Å². The van der Waals surface area contributed by atoms with Gasteiger partial charge in [0, 0.05) is 4.88 Å². The quantitative estimate of drug-likeness (QED) is 0.726. The van der Waals surface area contributed by atoms with Crippen LogP contribution in [-0.4, -0.2) is 31.9 Å². The summed E-state index contributed by atoms with van der Waals surface area (Å²) in [6.45, 7) is 6.82. The van der Waals surface area contributed by atoms with E-state index >= 15 is 0 Å². The molecule has 24 heavy (non-hydrogen) atoms. The number of aryl methyl sites for hydroxylation is 1. The summed E-state index contributed by atoms with van der Waals surface area (Å²) in [6, 6.07) is 3.73. The minimum Gasteiger partial charge on any atom is -0.465 e. The molecule has 0 bridgehead atoms. The molecule has 0 aliphatic heterocycles. The van der Waals surface area contributed by atoms with Gasteiger partial charge in [-0.05, 0) is 39.8 Å². The smallest absolute Gasteiger partial charge is 0.327 e. The molecule has 8 heteroatoms. The molecule has 0 aliphatic carbocycles. The van der Waals surface area contributed by atoms with Crippen LogP contribution < -0.4 is 5.56 Å². The standard InChI is InChI=1S/C16H19N3O4S/c1-5-23-13(20)8-18-14(21)11-7-12-10(6-9(2)24-12)19(11)15(17-18)16(3,4)22/h6-7,22H,5,8H2,1-4H3. The molecule has 0 fully saturated rings. The zero-order valence-corrected chi connectivity index (χ0v) is 14.8. The molecular weight excluding hydrogens is 330 g/mol. The maximum atomic E-state index is 12.7. The number of rotatable bonds is 4. The van der Waals surface area contributed by atoms with Crippen molar-refractivity contribution < 1.29 is 14.6 Å². The van der Waals surface area contributed by atoms with Crippen molar-refractivity contribution in [3.63, 3.8) is 0 Å². The van der Waals surface area contributed by atoms with Gasteiger partial charge in [0.2, 0.25) is 0 Å². The Labute approximate surface area is 142 Å². The molecule has 0 radical (unpaired) electrons. The number of nitrogens with zero attached hydrogens (tertiary/aromatic N) is 3. The van der Waals surface area contributed by atoms with Gasteiger partial charge < -0.3 is 9.84 Å². The Morgan fingerprint density at radius 3 is 2.71 bits per heavy atom. The van der Waals surface area contributed by atoms with Gasteiger partial charge >= 0.3 is 5.97 Å². The monoisotopic (exact) mass is 349 g/mol. The summed E-state index contributed by atoms with van der Waals surface area (Å²) < 4.78 is 8.55. The highest BCUT2D eigenvalue weighted by Crippen LogP contribution is 2.30. The number of fused-ring (bicyclic) bond motifs is 3. The highest BCUT2D eigenvalue weighted by Gasteiger charge is 2.26. The fraction of sp³-hybridized carbons (Fsp3) is 0.438. The Morgan fingerprint density at radius 2 is 2.08 bits per heavy atom. The van der Waals surface area contributed by atoms with Crippen LogP contribution in [0.3, 0.4) is 0 Å². The maximum Gasteiger partial charge on any atom is 0.327 e. The number of aromatic nitrogens is 3. The second-order valence-electron chi connectivity index (χ2n) is 6.12. The molecule has 128 valence electrons. The average molecular weight is 349 g/mol. The molecule has 0 aromatic carbocycles. The lowest BCUT2D eigenvalue weighted by Gasteiger charge is -2.20. The Hall–Kier alpha value is -2.19. The van der Waals surface area contributed by atoms with Crippen molar-refractivity contribution >= 4 is 33.0 Å². The molecule has 0 saturated heterocycles. The zero-order valence-electron chi connectivity index (χ0n) is 14.0. The van der Waals surface area contributed by atoms with Crippen LogP contribution in [0.1, 0.15) is 31.5 Å². The molecule has 3 aromatic rings. The van der Waals surface area contributed by atoms with Crippen molar-refractivity contribution in [2.24, 2.45) is 0 Å². The molecular formula is C16H19N3O4S. The number of thiophene rings is 1. The first-order valence-electron chi connectivity index (χ1n) is 7.63. The normalized spacial score (nSPS) is 12.2. The summed E-state index contributed by atoms with van der Waals surface area (Å²) in [4.78, 5) is 25.5. The summed E-state index contributed by atoms with van der Waals surface area (Å²) >= 11 is 1.56. The summed E-state index contributed by atoms with van der Waals surface area (Å²) in [5.74, 6) is -0.239. The van der Waals surface area contributed by atoms with Crippen LogP contribution in [0.25, 0.3) is 15.7 Å². The minimum absolute atomic E-state index is 0.230. The van der Waals surface area contributed by atoms with Crippen LogP contribution in [0.2, 0.25) is 0 Å². The lowest BCUT2D eigenvalue weighted by molar-refractivity contribution is -0.144. The summed E-state index contributed by atoms with van der Waals surface area (Å²) in [7, 11) is 0. The van der Waals surface area contributed by atoms with Crippen molar-refractivity contribution in [3.05, 3.63) is 33.2 Å². The van der Waals surface area contributed by atoms with E-state index in [0.717, 1.165) is 19.8 Å². The fourth-order valence-electron chi connectivity index (χ4n) is 2.67. The van der Waals surface area contributed by atoms with E-state index in [4.69, 9.17) is 4.74 Å². The number of hydrogen-bond acceptors (Lipinski definition) is 6. The molecule has 0 spiro atoms. The topological polar surface area (TPSA) is 85.8 Å². The molecule has 1 N–H and O–H groups in total. The summed E-state index contributed by atoms with van der Waals surface area (Å²) in [5, 5.41) is 14.8. The van der Waals surface area contributed by atoms with Crippen LogP contribution in [0.4, 0.5) is 0 Å². The van der Waals surface area contributed by atoms with Gasteiger partial charge in [0.05, 0.1) is 16.8 Å². The number of carbonyl (C=O) groups excluding carboxylic acids is 1. The fourth-order valence-corrected chi connectivity index (χ4v) is 3.61. The van der Waals surface area contributed by atoms with E-state index in [2.05, 4.69) is 5.10 Å². The predicted molar refractivity (Wildman–Crippen MR) is 91.4 cm³/mol. The summed E-state index contributed by atoms with van der Waals surface area (Å²) in [5.41, 5.74) is -0.466. The highest BCUT2D eigenvalue weighted by atomic mass is 32.1. The third kappa shape index (κ3) is 2.71. The molecule has 3 aromatic heterocycles. The molecule has 0 unspecified atom stereocenters. The first-order chi connectivity index (χ1) is 11.2. The third-order valence-electron chi connectivity index (χ3n) is 3.63. The van der Waals surface area contributed by atoms with E-state index in [1.165, 1.54) is 0 Å². The van der Waals surface area contributed by atoms with Gasteiger partial charge in [-0.15, -0.1) is 11.3 Å². The Bertz CT molecular complexity index is 991. The van der Waals surface area contributed by atoms with Gasteiger partial charge in [-0.1, -0.05) is 0 Å². The van der Waals surface area contributed by atoms with Crippen molar-refractivity contribution in [2.45, 2.75) is 39.8 Å².